The van der Waals surface area contributed by atoms with Gasteiger partial charge in [0.05, 0.1) is 85.9 Å². The molecule has 26 heavy (non-hydrogen) atoms. The fourth-order valence-corrected chi connectivity index (χ4v) is 1.59. The van der Waals surface area contributed by atoms with Crippen LogP contribution in [0.1, 0.15) is 0 Å². The Morgan fingerprint density at radius 1 is 0.615 bits per heavy atom. The minimum atomic E-state index is -0.554. The Labute approximate surface area is 155 Å². The Morgan fingerprint density at radius 2 is 0.923 bits per heavy atom. The summed E-state index contributed by atoms with van der Waals surface area (Å²) in [5.41, 5.74) is 4.91. The molecule has 0 aliphatic rings. The van der Waals surface area contributed by atoms with E-state index in [-0.39, 0.29) is 0 Å². The van der Waals surface area contributed by atoms with Gasteiger partial charge in [-0.15, -0.1) is 0 Å². The first kappa shape index (κ1) is 25.0. The first-order chi connectivity index (χ1) is 12.8. The molecule has 0 saturated carbocycles. The van der Waals surface area contributed by atoms with Gasteiger partial charge in [-0.2, -0.15) is 0 Å². The number of nitrogens with two attached hydrogens (primary N) is 1. The quantitative estimate of drug-likeness (QED) is 0.253. The van der Waals surface area contributed by atoms with E-state index in [1.807, 2.05) is 0 Å². The highest BCUT2D eigenvalue weighted by Gasteiger charge is 1.95. The third-order valence-corrected chi connectivity index (χ3v) is 2.84. The summed E-state index contributed by atoms with van der Waals surface area (Å²) in [7, 11) is 1.64. The van der Waals surface area contributed by atoms with Crippen molar-refractivity contribution in [2.45, 2.75) is 0 Å². The summed E-state index contributed by atoms with van der Waals surface area (Å²) in [4.78, 5) is 10.4. The molecule has 10 heteroatoms. The molecule has 0 rings (SSSR count). The second-order valence-electron chi connectivity index (χ2n) is 4.96. The van der Waals surface area contributed by atoms with E-state index in [4.69, 9.17) is 38.9 Å². The standard InChI is InChI=1S/C16H34N2O8/c1-20-4-5-22-8-9-24-12-13-26-15-14-25-11-10-23-7-6-21-3-2-18-16(17)19/h2-15H2,1H3,(H3,17,18,19). The molecule has 0 spiro atoms. The zero-order valence-corrected chi connectivity index (χ0v) is 15.7. The Morgan fingerprint density at radius 3 is 1.23 bits per heavy atom. The van der Waals surface area contributed by atoms with Crippen molar-refractivity contribution in [3.63, 3.8) is 0 Å². The van der Waals surface area contributed by atoms with Crippen molar-refractivity contribution >= 4 is 6.03 Å². The maximum absolute atomic E-state index is 10.4. The van der Waals surface area contributed by atoms with Crippen molar-refractivity contribution in [1.29, 1.82) is 0 Å². The monoisotopic (exact) mass is 382 g/mol. The van der Waals surface area contributed by atoms with Gasteiger partial charge in [0, 0.05) is 13.7 Å². The van der Waals surface area contributed by atoms with Gasteiger partial charge in [0.1, 0.15) is 0 Å². The van der Waals surface area contributed by atoms with E-state index in [0.717, 1.165) is 0 Å². The van der Waals surface area contributed by atoms with Crippen LogP contribution in [0.4, 0.5) is 4.79 Å². The molecule has 0 heterocycles. The van der Waals surface area contributed by atoms with E-state index in [1.165, 1.54) is 0 Å². The summed E-state index contributed by atoms with van der Waals surface area (Å²) in [6.07, 6.45) is 0. The molecule has 0 saturated heterocycles. The van der Waals surface area contributed by atoms with Crippen LogP contribution in [-0.4, -0.2) is 106 Å². The molecule has 0 aromatic rings. The molecule has 10 nitrogen and oxygen atoms in total. The second-order valence-corrected chi connectivity index (χ2v) is 4.96. The fourth-order valence-electron chi connectivity index (χ4n) is 1.59. The van der Waals surface area contributed by atoms with Crippen LogP contribution in [-0.2, 0) is 33.2 Å². The molecule has 156 valence electrons. The largest absolute Gasteiger partial charge is 0.382 e. The molecular weight excluding hydrogens is 348 g/mol. The molecule has 3 N–H and O–H groups in total. The molecule has 0 bridgehead atoms. The fraction of sp³-hybridized carbons (Fsp3) is 0.938. The molecule has 0 aliphatic carbocycles. The Balaban J connectivity index is 2.98. The number of hydrogen-bond acceptors (Lipinski definition) is 8. The maximum atomic E-state index is 10.4. The molecule has 0 unspecified atom stereocenters. The van der Waals surface area contributed by atoms with Gasteiger partial charge in [0.25, 0.3) is 0 Å². The van der Waals surface area contributed by atoms with Crippen LogP contribution in [0.5, 0.6) is 0 Å². The third kappa shape index (κ3) is 23.0. The van der Waals surface area contributed by atoms with Crippen molar-refractivity contribution in [3.05, 3.63) is 0 Å². The van der Waals surface area contributed by atoms with Gasteiger partial charge < -0.3 is 44.2 Å². The smallest absolute Gasteiger partial charge is 0.312 e. The van der Waals surface area contributed by atoms with Crippen LogP contribution in [0.15, 0.2) is 0 Å². The van der Waals surface area contributed by atoms with E-state index in [9.17, 15) is 4.79 Å². The van der Waals surface area contributed by atoms with E-state index in [0.29, 0.717) is 92.4 Å². The average Bonchev–Trinajstić information content (AvgIpc) is 2.62. The topological polar surface area (TPSA) is 120 Å². The number of hydrogen-bond donors (Lipinski definition) is 2. The lowest BCUT2D eigenvalue weighted by Gasteiger charge is -2.08. The number of methoxy groups -OCH3 is 1. The molecule has 0 aromatic heterocycles. The second kappa shape index (κ2) is 22.0. The predicted octanol–water partition coefficient (Wildman–Crippen LogP) is -0.599. The first-order valence-electron chi connectivity index (χ1n) is 8.76. The van der Waals surface area contributed by atoms with Crippen LogP contribution in [0.3, 0.4) is 0 Å². The van der Waals surface area contributed by atoms with E-state index < -0.39 is 6.03 Å². The van der Waals surface area contributed by atoms with Gasteiger partial charge in [0.2, 0.25) is 0 Å². The summed E-state index contributed by atoms with van der Waals surface area (Å²) in [5.74, 6) is 0. The SMILES string of the molecule is COCCOCCOCCOCCOCCOCCOCCNC(N)=O. The minimum absolute atomic E-state index is 0.394. The number of urea groups is 1. The summed E-state index contributed by atoms with van der Waals surface area (Å²) >= 11 is 0. The predicted molar refractivity (Wildman–Crippen MR) is 94.4 cm³/mol. The number of primary amides is 1. The van der Waals surface area contributed by atoms with Gasteiger partial charge in [-0.05, 0) is 0 Å². The third-order valence-electron chi connectivity index (χ3n) is 2.84. The lowest BCUT2D eigenvalue weighted by Crippen LogP contribution is -2.32. The van der Waals surface area contributed by atoms with Gasteiger partial charge in [0.15, 0.2) is 0 Å². The molecule has 0 radical (unpaired) electrons. The number of nitrogens with one attached hydrogen (secondary N) is 1. The molecule has 0 aliphatic heterocycles. The molecular formula is C16H34N2O8. The molecule has 0 aromatic carbocycles. The van der Waals surface area contributed by atoms with Crippen molar-refractivity contribution in [1.82, 2.24) is 5.32 Å². The van der Waals surface area contributed by atoms with Gasteiger partial charge in [-0.3, -0.25) is 0 Å². The number of rotatable bonds is 21. The van der Waals surface area contributed by atoms with Crippen molar-refractivity contribution in [2.24, 2.45) is 5.73 Å². The van der Waals surface area contributed by atoms with Crippen LogP contribution in [0.25, 0.3) is 0 Å². The number of ether oxygens (including phenoxy) is 7. The van der Waals surface area contributed by atoms with Gasteiger partial charge >= 0.3 is 6.03 Å². The Hall–Kier alpha value is -1.01. The van der Waals surface area contributed by atoms with E-state index in [2.05, 4.69) is 5.32 Å². The average molecular weight is 382 g/mol. The Kier molecular flexibility index (Phi) is 21.2. The summed E-state index contributed by atoms with van der Waals surface area (Å²) in [6, 6.07) is -0.554. The molecule has 0 atom stereocenters. The highest BCUT2D eigenvalue weighted by Crippen LogP contribution is 1.84. The van der Waals surface area contributed by atoms with Crippen LogP contribution < -0.4 is 11.1 Å². The minimum Gasteiger partial charge on any atom is -0.382 e. The van der Waals surface area contributed by atoms with E-state index >= 15 is 0 Å². The van der Waals surface area contributed by atoms with Crippen molar-refractivity contribution in [2.75, 3.05) is 99.5 Å². The van der Waals surface area contributed by atoms with E-state index in [1.54, 1.807) is 7.11 Å². The maximum Gasteiger partial charge on any atom is 0.312 e. The zero-order valence-electron chi connectivity index (χ0n) is 15.7. The van der Waals surface area contributed by atoms with Gasteiger partial charge in [-0.1, -0.05) is 0 Å². The molecule has 0 fully saturated rings. The Bertz CT molecular complexity index is 297. The number of carbonyl (C=O) groups excluding carboxylic acids is 1. The highest BCUT2D eigenvalue weighted by molar-refractivity contribution is 5.71. The van der Waals surface area contributed by atoms with Gasteiger partial charge in [-0.25, -0.2) is 4.79 Å². The molecule has 2 amide bonds. The lowest BCUT2D eigenvalue weighted by molar-refractivity contribution is -0.0189. The lowest BCUT2D eigenvalue weighted by atomic mass is 10.6. The van der Waals surface area contributed by atoms with Crippen LogP contribution >= 0.6 is 0 Å². The highest BCUT2D eigenvalue weighted by atomic mass is 16.6. The zero-order chi connectivity index (χ0) is 19.1. The summed E-state index contributed by atoms with van der Waals surface area (Å²) in [6.45, 7) is 7.11. The van der Waals surface area contributed by atoms with Crippen molar-refractivity contribution in [3.8, 4) is 0 Å². The van der Waals surface area contributed by atoms with Crippen molar-refractivity contribution < 1.29 is 38.0 Å². The number of carbonyl (C=O) groups is 1. The summed E-state index contributed by atoms with van der Waals surface area (Å²) in [5, 5.41) is 2.43. The summed E-state index contributed by atoms with van der Waals surface area (Å²) < 4.78 is 36.7. The van der Waals surface area contributed by atoms with Crippen LogP contribution in [0, 0.1) is 0 Å². The normalized spacial score (nSPS) is 11.0. The van der Waals surface area contributed by atoms with Crippen LogP contribution in [0.2, 0.25) is 0 Å². The first-order valence-corrected chi connectivity index (χ1v) is 8.76. The number of amides is 2.